The van der Waals surface area contributed by atoms with Crippen LogP contribution in [0.15, 0.2) is 18.3 Å². The minimum atomic E-state index is 0.246. The number of hydrogen-bond donors (Lipinski definition) is 2. The van der Waals surface area contributed by atoms with Gasteiger partial charge in [-0.1, -0.05) is 0 Å². The Hall–Kier alpha value is -1.69. The monoisotopic (exact) mass is 315 g/mol. The van der Waals surface area contributed by atoms with Crippen molar-refractivity contribution in [2.45, 2.75) is 38.1 Å². The van der Waals surface area contributed by atoms with E-state index < -0.39 is 0 Å². The van der Waals surface area contributed by atoms with Gasteiger partial charge in [0, 0.05) is 31.2 Å². The van der Waals surface area contributed by atoms with Crippen molar-refractivity contribution < 1.29 is 4.79 Å². The topological polar surface area (TPSA) is 70.2 Å². The number of piperidine rings is 1. The van der Waals surface area contributed by atoms with E-state index in [-0.39, 0.29) is 11.8 Å². The van der Waals surface area contributed by atoms with Gasteiger partial charge in [0.05, 0.1) is 0 Å². The first-order valence-corrected chi connectivity index (χ1v) is 8.81. The molecule has 1 aromatic heterocycles. The number of nitrogens with zero attached hydrogens (tertiary/aromatic N) is 3. The summed E-state index contributed by atoms with van der Waals surface area (Å²) >= 11 is 0. The molecule has 3 aliphatic rings. The smallest absolute Gasteiger partial charge is 0.223 e. The summed E-state index contributed by atoms with van der Waals surface area (Å²) in [4.78, 5) is 14.8. The maximum Gasteiger partial charge on any atom is 0.223 e. The van der Waals surface area contributed by atoms with Crippen LogP contribution >= 0.6 is 0 Å². The molecule has 1 amide bonds. The Balaban J connectivity index is 1.31. The normalized spacial score (nSPS) is 28.8. The number of anilines is 1. The maximum atomic E-state index is 12.5. The standard InChI is InChI=1S/C17H25N5O/c23-16(14-11-17(14)5-8-18-9-6-17)19-12-13-3-2-10-22(13)15-4-1-7-20-21-15/h1,4,7,13-14,18H,2-3,5-6,8-12H2,(H,19,23). The second-order valence-electron chi connectivity index (χ2n) is 7.19. The van der Waals surface area contributed by atoms with Crippen molar-refractivity contribution in [1.29, 1.82) is 0 Å². The van der Waals surface area contributed by atoms with Crippen molar-refractivity contribution >= 4 is 11.7 Å². The Kier molecular flexibility index (Phi) is 3.93. The first-order valence-electron chi connectivity index (χ1n) is 8.81. The van der Waals surface area contributed by atoms with E-state index in [9.17, 15) is 4.79 Å². The van der Waals surface area contributed by atoms with Crippen LogP contribution in [0.1, 0.15) is 32.1 Å². The molecule has 2 unspecified atom stereocenters. The molecular formula is C17H25N5O. The third kappa shape index (κ3) is 2.92. The molecule has 1 spiro atoms. The summed E-state index contributed by atoms with van der Waals surface area (Å²) in [5.74, 6) is 1.43. The van der Waals surface area contributed by atoms with E-state index in [2.05, 4.69) is 25.7 Å². The maximum absolute atomic E-state index is 12.5. The highest BCUT2D eigenvalue weighted by molar-refractivity contribution is 5.82. The average Bonchev–Trinajstić information content (AvgIpc) is 3.08. The zero-order chi connectivity index (χ0) is 15.7. The number of hydrogen-bond acceptors (Lipinski definition) is 5. The zero-order valence-electron chi connectivity index (χ0n) is 13.5. The second kappa shape index (κ2) is 6.07. The van der Waals surface area contributed by atoms with Gasteiger partial charge >= 0.3 is 0 Å². The van der Waals surface area contributed by atoms with Gasteiger partial charge in [-0.2, -0.15) is 5.10 Å². The van der Waals surface area contributed by atoms with Crippen molar-refractivity contribution in [2.24, 2.45) is 11.3 Å². The van der Waals surface area contributed by atoms with Gasteiger partial charge in [-0.05, 0) is 62.7 Å². The van der Waals surface area contributed by atoms with E-state index in [1.54, 1.807) is 6.20 Å². The lowest BCUT2D eigenvalue weighted by atomic mass is 9.92. The van der Waals surface area contributed by atoms with Gasteiger partial charge in [0.1, 0.15) is 0 Å². The van der Waals surface area contributed by atoms with Crippen molar-refractivity contribution in [3.05, 3.63) is 18.3 Å². The van der Waals surface area contributed by atoms with E-state index in [1.807, 2.05) is 12.1 Å². The highest BCUT2D eigenvalue weighted by Gasteiger charge is 2.57. The highest BCUT2D eigenvalue weighted by atomic mass is 16.2. The molecule has 3 heterocycles. The molecule has 6 nitrogen and oxygen atoms in total. The fourth-order valence-electron chi connectivity index (χ4n) is 4.33. The summed E-state index contributed by atoms with van der Waals surface area (Å²) < 4.78 is 0. The minimum absolute atomic E-state index is 0.246. The lowest BCUT2D eigenvalue weighted by Gasteiger charge is -2.26. The summed E-state index contributed by atoms with van der Waals surface area (Å²) in [5.41, 5.74) is 0.315. The summed E-state index contributed by atoms with van der Waals surface area (Å²) in [6.45, 7) is 3.85. The van der Waals surface area contributed by atoms with Crippen LogP contribution < -0.4 is 15.5 Å². The molecule has 6 heteroatoms. The largest absolute Gasteiger partial charge is 0.354 e. The van der Waals surface area contributed by atoms with Crippen LogP contribution in [0.4, 0.5) is 5.82 Å². The fraction of sp³-hybridized carbons (Fsp3) is 0.706. The molecule has 0 radical (unpaired) electrons. The SMILES string of the molecule is O=C(NCC1CCCN1c1cccnn1)C1CC12CCNCC2. The van der Waals surface area contributed by atoms with Crippen LogP contribution in [-0.4, -0.2) is 48.3 Å². The molecule has 2 atom stereocenters. The van der Waals surface area contributed by atoms with Crippen molar-refractivity contribution in [3.8, 4) is 0 Å². The first-order chi connectivity index (χ1) is 11.3. The Bertz CT molecular complexity index is 557. The quantitative estimate of drug-likeness (QED) is 0.866. The van der Waals surface area contributed by atoms with Gasteiger partial charge in [0.25, 0.3) is 0 Å². The van der Waals surface area contributed by atoms with E-state index in [1.165, 1.54) is 0 Å². The fourth-order valence-corrected chi connectivity index (χ4v) is 4.33. The summed E-state index contributed by atoms with van der Waals surface area (Å²) in [6, 6.07) is 4.26. The van der Waals surface area contributed by atoms with Crippen LogP contribution in [0.25, 0.3) is 0 Å². The molecule has 124 valence electrons. The number of carbonyl (C=O) groups excluding carboxylic acids is 1. The number of carbonyl (C=O) groups is 1. The summed E-state index contributed by atoms with van der Waals surface area (Å²) in [7, 11) is 0. The molecule has 2 aliphatic heterocycles. The van der Waals surface area contributed by atoms with Gasteiger partial charge in [0.2, 0.25) is 5.91 Å². The molecule has 23 heavy (non-hydrogen) atoms. The van der Waals surface area contributed by atoms with Crippen LogP contribution in [0.2, 0.25) is 0 Å². The Morgan fingerprint density at radius 1 is 1.43 bits per heavy atom. The molecule has 1 aliphatic carbocycles. The van der Waals surface area contributed by atoms with Crippen molar-refractivity contribution in [3.63, 3.8) is 0 Å². The van der Waals surface area contributed by atoms with E-state index in [0.717, 1.165) is 64.1 Å². The molecule has 2 saturated heterocycles. The zero-order valence-corrected chi connectivity index (χ0v) is 13.5. The Morgan fingerprint density at radius 3 is 3.09 bits per heavy atom. The summed E-state index contributed by atoms with van der Waals surface area (Å²) in [6.07, 6.45) is 7.34. The molecule has 1 saturated carbocycles. The van der Waals surface area contributed by atoms with Gasteiger partial charge in [-0.3, -0.25) is 4.79 Å². The third-order valence-electron chi connectivity index (χ3n) is 5.85. The predicted octanol–water partition coefficient (Wildman–Crippen LogP) is 0.951. The van der Waals surface area contributed by atoms with E-state index in [0.29, 0.717) is 11.5 Å². The molecule has 0 aromatic carbocycles. The van der Waals surface area contributed by atoms with Crippen molar-refractivity contribution in [1.82, 2.24) is 20.8 Å². The van der Waals surface area contributed by atoms with E-state index in [4.69, 9.17) is 0 Å². The van der Waals surface area contributed by atoms with Crippen LogP contribution in [0, 0.1) is 11.3 Å². The van der Waals surface area contributed by atoms with Crippen molar-refractivity contribution in [2.75, 3.05) is 31.1 Å². The number of aromatic nitrogens is 2. The van der Waals surface area contributed by atoms with Gasteiger partial charge in [-0.15, -0.1) is 5.10 Å². The summed E-state index contributed by atoms with van der Waals surface area (Å²) in [5, 5.41) is 14.8. The second-order valence-corrected chi connectivity index (χ2v) is 7.19. The molecular weight excluding hydrogens is 290 g/mol. The number of nitrogens with one attached hydrogen (secondary N) is 2. The number of rotatable bonds is 4. The third-order valence-corrected chi connectivity index (χ3v) is 5.85. The van der Waals surface area contributed by atoms with Crippen LogP contribution in [0.3, 0.4) is 0 Å². The molecule has 2 N–H and O–H groups in total. The van der Waals surface area contributed by atoms with Gasteiger partial charge < -0.3 is 15.5 Å². The minimum Gasteiger partial charge on any atom is -0.354 e. The average molecular weight is 315 g/mol. The molecule has 4 rings (SSSR count). The van der Waals surface area contributed by atoms with E-state index >= 15 is 0 Å². The Labute approximate surface area is 137 Å². The lowest BCUT2D eigenvalue weighted by Crippen LogP contribution is -2.42. The first kappa shape index (κ1) is 14.9. The Morgan fingerprint density at radius 2 is 2.30 bits per heavy atom. The molecule has 3 fully saturated rings. The highest BCUT2D eigenvalue weighted by Crippen LogP contribution is 2.58. The molecule has 0 bridgehead atoms. The number of amides is 1. The van der Waals surface area contributed by atoms with Crippen LogP contribution in [0.5, 0.6) is 0 Å². The molecule has 1 aromatic rings. The predicted molar refractivity (Wildman–Crippen MR) is 88.1 cm³/mol. The van der Waals surface area contributed by atoms with Crippen LogP contribution in [-0.2, 0) is 4.79 Å². The van der Waals surface area contributed by atoms with Gasteiger partial charge in [-0.25, -0.2) is 0 Å². The lowest BCUT2D eigenvalue weighted by molar-refractivity contribution is -0.123. The van der Waals surface area contributed by atoms with Gasteiger partial charge in [0.15, 0.2) is 5.82 Å².